The molecular formula is C17H26N2O3. The fourth-order valence-electron chi connectivity index (χ4n) is 2.76. The number of carbonyl (C=O) groups excluding carboxylic acids is 1. The van der Waals surface area contributed by atoms with Crippen LogP contribution in [0, 0.1) is 0 Å². The molecule has 1 fully saturated rings. The van der Waals surface area contributed by atoms with Crippen molar-refractivity contribution in [2.45, 2.75) is 38.8 Å². The lowest BCUT2D eigenvalue weighted by atomic mass is 10.2. The highest BCUT2D eigenvalue weighted by atomic mass is 16.5. The van der Waals surface area contributed by atoms with Crippen LogP contribution < -0.4 is 14.8 Å². The van der Waals surface area contributed by atoms with E-state index in [1.165, 1.54) is 0 Å². The van der Waals surface area contributed by atoms with E-state index in [0.717, 1.165) is 38.2 Å². The maximum absolute atomic E-state index is 12.7. The molecule has 0 saturated carbocycles. The molecule has 122 valence electrons. The van der Waals surface area contributed by atoms with Gasteiger partial charge in [-0.05, 0) is 50.6 Å². The van der Waals surface area contributed by atoms with Gasteiger partial charge in [0.05, 0.1) is 7.11 Å². The largest absolute Gasteiger partial charge is 0.497 e. The fourth-order valence-corrected chi connectivity index (χ4v) is 2.76. The van der Waals surface area contributed by atoms with Crippen molar-refractivity contribution in [3.63, 3.8) is 0 Å². The normalized spacial score (nSPS) is 18.8. The highest BCUT2D eigenvalue weighted by Crippen LogP contribution is 2.19. The lowest BCUT2D eigenvalue weighted by Crippen LogP contribution is -2.47. The minimum atomic E-state index is -0.486. The monoisotopic (exact) mass is 306 g/mol. The molecule has 2 unspecified atom stereocenters. The van der Waals surface area contributed by atoms with Gasteiger partial charge in [-0.1, -0.05) is 6.92 Å². The molecule has 0 radical (unpaired) electrons. The lowest BCUT2D eigenvalue weighted by Gasteiger charge is -2.30. The Kier molecular flexibility index (Phi) is 6.07. The predicted octanol–water partition coefficient (Wildman–Crippen LogP) is 2.06. The van der Waals surface area contributed by atoms with Gasteiger partial charge >= 0.3 is 0 Å². The summed E-state index contributed by atoms with van der Waals surface area (Å²) in [5, 5.41) is 3.32. The fraction of sp³-hybridized carbons (Fsp3) is 0.588. The van der Waals surface area contributed by atoms with Gasteiger partial charge in [0.2, 0.25) is 0 Å². The Bertz CT molecular complexity index is 469. The van der Waals surface area contributed by atoms with Crippen LogP contribution in [0.15, 0.2) is 24.3 Å². The summed E-state index contributed by atoms with van der Waals surface area (Å²) in [6, 6.07) is 7.59. The van der Waals surface area contributed by atoms with Crippen LogP contribution in [-0.4, -0.2) is 49.7 Å². The molecule has 1 saturated heterocycles. The third-order valence-corrected chi connectivity index (χ3v) is 3.94. The van der Waals surface area contributed by atoms with Crippen molar-refractivity contribution in [1.82, 2.24) is 10.2 Å². The van der Waals surface area contributed by atoms with Crippen LogP contribution in [0.25, 0.3) is 0 Å². The number of amides is 1. The number of benzene rings is 1. The van der Waals surface area contributed by atoms with Gasteiger partial charge in [0.1, 0.15) is 11.5 Å². The summed E-state index contributed by atoms with van der Waals surface area (Å²) in [6.45, 7) is 6.55. The summed E-state index contributed by atoms with van der Waals surface area (Å²) in [7, 11) is 1.63. The van der Waals surface area contributed by atoms with Crippen LogP contribution in [0.1, 0.15) is 26.7 Å². The summed E-state index contributed by atoms with van der Waals surface area (Å²) < 4.78 is 10.9. The number of hydrogen-bond donors (Lipinski definition) is 1. The molecule has 0 spiro atoms. The molecule has 1 N–H and O–H groups in total. The molecule has 1 heterocycles. The molecule has 1 aromatic carbocycles. The molecular weight excluding hydrogens is 280 g/mol. The van der Waals surface area contributed by atoms with Gasteiger partial charge in [-0.2, -0.15) is 0 Å². The van der Waals surface area contributed by atoms with Crippen molar-refractivity contribution in [3.05, 3.63) is 24.3 Å². The number of ether oxygens (including phenoxy) is 2. The van der Waals surface area contributed by atoms with Crippen LogP contribution in [0.4, 0.5) is 0 Å². The van der Waals surface area contributed by atoms with Gasteiger partial charge in [-0.25, -0.2) is 0 Å². The Morgan fingerprint density at radius 3 is 2.59 bits per heavy atom. The minimum Gasteiger partial charge on any atom is -0.497 e. The molecule has 1 aliphatic rings. The van der Waals surface area contributed by atoms with Crippen molar-refractivity contribution in [3.8, 4) is 11.5 Å². The first kappa shape index (κ1) is 16.6. The zero-order valence-corrected chi connectivity index (χ0v) is 13.7. The van der Waals surface area contributed by atoms with Crippen LogP contribution in [-0.2, 0) is 4.79 Å². The molecule has 5 heteroatoms. The standard InChI is InChI=1S/C17H26N2O3/c1-4-11-19(14-9-10-18-12-14)17(20)13(2)22-16-7-5-15(21-3)6-8-16/h5-8,13-14,18H,4,9-12H2,1-3H3. The summed E-state index contributed by atoms with van der Waals surface area (Å²) in [6.07, 6.45) is 1.49. The Hall–Kier alpha value is -1.75. The maximum atomic E-state index is 12.7. The zero-order chi connectivity index (χ0) is 15.9. The van der Waals surface area contributed by atoms with E-state index in [1.807, 2.05) is 36.1 Å². The third-order valence-electron chi connectivity index (χ3n) is 3.94. The van der Waals surface area contributed by atoms with Crippen molar-refractivity contribution in [2.75, 3.05) is 26.7 Å². The van der Waals surface area contributed by atoms with E-state index in [2.05, 4.69) is 12.2 Å². The number of methoxy groups -OCH3 is 1. The molecule has 0 bridgehead atoms. The van der Waals surface area contributed by atoms with Crippen LogP contribution in [0.5, 0.6) is 11.5 Å². The average molecular weight is 306 g/mol. The van der Waals surface area contributed by atoms with Crippen molar-refractivity contribution in [2.24, 2.45) is 0 Å². The summed E-state index contributed by atoms with van der Waals surface area (Å²) in [4.78, 5) is 14.7. The third kappa shape index (κ3) is 4.13. The Morgan fingerprint density at radius 2 is 2.05 bits per heavy atom. The molecule has 2 rings (SSSR count). The van der Waals surface area contributed by atoms with Crippen molar-refractivity contribution in [1.29, 1.82) is 0 Å². The van der Waals surface area contributed by atoms with Crippen LogP contribution >= 0.6 is 0 Å². The van der Waals surface area contributed by atoms with Gasteiger partial charge in [0.25, 0.3) is 5.91 Å². The first-order valence-electron chi connectivity index (χ1n) is 7.97. The molecule has 1 amide bonds. The second-order valence-corrected chi connectivity index (χ2v) is 5.61. The van der Waals surface area contributed by atoms with Crippen molar-refractivity contribution < 1.29 is 14.3 Å². The predicted molar refractivity (Wildman–Crippen MR) is 86.4 cm³/mol. The molecule has 1 aliphatic heterocycles. The van der Waals surface area contributed by atoms with Crippen molar-refractivity contribution >= 4 is 5.91 Å². The summed E-state index contributed by atoms with van der Waals surface area (Å²) >= 11 is 0. The van der Waals surface area contributed by atoms with Gasteiger partial charge < -0.3 is 19.7 Å². The van der Waals surface area contributed by atoms with Gasteiger partial charge in [0.15, 0.2) is 6.10 Å². The van der Waals surface area contributed by atoms with E-state index in [0.29, 0.717) is 5.75 Å². The molecule has 1 aromatic rings. The molecule has 2 atom stereocenters. The maximum Gasteiger partial charge on any atom is 0.263 e. The lowest BCUT2D eigenvalue weighted by molar-refractivity contribution is -0.140. The summed E-state index contributed by atoms with van der Waals surface area (Å²) in [5.74, 6) is 1.52. The smallest absolute Gasteiger partial charge is 0.263 e. The van der Waals surface area contributed by atoms with Crippen LogP contribution in [0.3, 0.4) is 0 Å². The number of hydrogen-bond acceptors (Lipinski definition) is 4. The Balaban J connectivity index is 1.98. The first-order chi connectivity index (χ1) is 10.7. The molecule has 0 aliphatic carbocycles. The van der Waals surface area contributed by atoms with Gasteiger partial charge in [0, 0.05) is 19.1 Å². The van der Waals surface area contributed by atoms with E-state index in [9.17, 15) is 4.79 Å². The SMILES string of the molecule is CCCN(C(=O)C(C)Oc1ccc(OC)cc1)C1CCNC1. The quantitative estimate of drug-likeness (QED) is 0.838. The van der Waals surface area contributed by atoms with E-state index >= 15 is 0 Å². The van der Waals surface area contributed by atoms with E-state index in [-0.39, 0.29) is 11.9 Å². The van der Waals surface area contributed by atoms with Crippen LogP contribution in [0.2, 0.25) is 0 Å². The first-order valence-corrected chi connectivity index (χ1v) is 7.97. The number of rotatable bonds is 7. The molecule has 22 heavy (non-hydrogen) atoms. The van der Waals surface area contributed by atoms with Gasteiger partial charge in [-0.3, -0.25) is 4.79 Å². The molecule has 0 aromatic heterocycles. The van der Waals surface area contributed by atoms with E-state index < -0.39 is 6.10 Å². The minimum absolute atomic E-state index is 0.0615. The Morgan fingerprint density at radius 1 is 1.36 bits per heavy atom. The zero-order valence-electron chi connectivity index (χ0n) is 13.7. The topological polar surface area (TPSA) is 50.8 Å². The highest BCUT2D eigenvalue weighted by Gasteiger charge is 2.29. The number of nitrogens with one attached hydrogen (secondary N) is 1. The molecule has 5 nitrogen and oxygen atoms in total. The van der Waals surface area contributed by atoms with E-state index in [4.69, 9.17) is 9.47 Å². The number of nitrogens with zero attached hydrogens (tertiary/aromatic N) is 1. The highest BCUT2D eigenvalue weighted by molar-refractivity contribution is 5.81. The summed E-state index contributed by atoms with van der Waals surface area (Å²) in [5.41, 5.74) is 0. The average Bonchev–Trinajstić information content (AvgIpc) is 3.06. The second kappa shape index (κ2) is 8.03. The second-order valence-electron chi connectivity index (χ2n) is 5.61. The Labute approximate surface area is 132 Å². The van der Waals surface area contributed by atoms with E-state index in [1.54, 1.807) is 7.11 Å². The van der Waals surface area contributed by atoms with Gasteiger partial charge in [-0.15, -0.1) is 0 Å². The number of carbonyl (C=O) groups is 1.